The summed E-state index contributed by atoms with van der Waals surface area (Å²) in [6.45, 7) is 7.98. The summed E-state index contributed by atoms with van der Waals surface area (Å²) in [5.41, 5.74) is 1.73. The van der Waals surface area contributed by atoms with Crippen LogP contribution in [0.5, 0.6) is 23.0 Å². The third-order valence-electron chi connectivity index (χ3n) is 4.63. The maximum Gasteiger partial charge on any atom is 0.170 e. The highest BCUT2D eigenvalue weighted by Gasteiger charge is 2.26. The van der Waals surface area contributed by atoms with Gasteiger partial charge in [-0.3, -0.25) is 4.79 Å². The molecule has 0 aromatic heterocycles. The van der Waals surface area contributed by atoms with E-state index in [1.165, 1.54) is 0 Å². The molecule has 0 spiro atoms. The van der Waals surface area contributed by atoms with Crippen molar-refractivity contribution in [2.45, 2.75) is 25.9 Å². The van der Waals surface area contributed by atoms with Crippen LogP contribution in [0.25, 0.3) is 6.08 Å². The number of carbonyl (C=O) groups excluding carboxylic acids is 1. The van der Waals surface area contributed by atoms with Gasteiger partial charge in [-0.1, -0.05) is 18.7 Å². The van der Waals surface area contributed by atoms with E-state index in [2.05, 4.69) is 6.58 Å². The van der Waals surface area contributed by atoms with Gasteiger partial charge in [0.2, 0.25) is 0 Å². The van der Waals surface area contributed by atoms with Crippen molar-refractivity contribution in [3.05, 3.63) is 65.8 Å². The Bertz CT molecular complexity index is 956. The van der Waals surface area contributed by atoms with E-state index in [9.17, 15) is 4.79 Å². The van der Waals surface area contributed by atoms with E-state index in [0.29, 0.717) is 35.2 Å². The molecule has 0 saturated carbocycles. The van der Waals surface area contributed by atoms with Crippen molar-refractivity contribution >= 4 is 11.9 Å². The van der Waals surface area contributed by atoms with Crippen molar-refractivity contribution in [1.82, 2.24) is 0 Å². The third-order valence-corrected chi connectivity index (χ3v) is 4.63. The lowest BCUT2D eigenvalue weighted by molar-refractivity contribution is 0.0989. The number of ketones is 1. The van der Waals surface area contributed by atoms with Gasteiger partial charge < -0.3 is 18.9 Å². The highest BCUT2D eigenvalue weighted by atomic mass is 16.5. The predicted molar refractivity (Wildman–Crippen MR) is 113 cm³/mol. The summed E-state index contributed by atoms with van der Waals surface area (Å²) in [5, 5.41) is 0. The van der Waals surface area contributed by atoms with E-state index in [0.717, 1.165) is 11.1 Å². The van der Waals surface area contributed by atoms with Crippen LogP contribution >= 0.6 is 0 Å². The standard InChI is InChI=1S/C24H26O5/c1-6-13-28-21-9-7-16(15-22(21)26-4)14-19(25)17-8-10-20-18(23(17)27-5)11-12-24(2,3)29-20/h6-12,15H,1,13-14H2,2-5H3. The lowest BCUT2D eigenvalue weighted by atomic mass is 9.96. The van der Waals surface area contributed by atoms with Crippen LogP contribution in [0, 0.1) is 0 Å². The van der Waals surface area contributed by atoms with Gasteiger partial charge in [-0.05, 0) is 55.8 Å². The molecule has 0 radical (unpaired) electrons. The molecule has 0 unspecified atom stereocenters. The number of methoxy groups -OCH3 is 2. The third kappa shape index (κ3) is 4.45. The first-order valence-electron chi connectivity index (χ1n) is 9.41. The van der Waals surface area contributed by atoms with Gasteiger partial charge in [0.25, 0.3) is 0 Å². The number of Topliss-reactive ketones (excluding diaryl/α,β-unsaturated/α-hetero) is 1. The Morgan fingerprint density at radius 1 is 1.14 bits per heavy atom. The van der Waals surface area contributed by atoms with Gasteiger partial charge in [0.05, 0.1) is 25.3 Å². The highest BCUT2D eigenvalue weighted by Crippen LogP contribution is 2.39. The predicted octanol–water partition coefficient (Wildman–Crippen LogP) is 4.88. The minimum atomic E-state index is -0.393. The summed E-state index contributed by atoms with van der Waals surface area (Å²) in [5.74, 6) is 2.37. The van der Waals surface area contributed by atoms with Crippen LogP contribution < -0.4 is 18.9 Å². The Hall–Kier alpha value is -3.21. The first kappa shape index (κ1) is 20.5. The topological polar surface area (TPSA) is 54.0 Å². The Labute approximate surface area is 171 Å². The molecular weight excluding hydrogens is 368 g/mol. The second kappa shape index (κ2) is 8.43. The molecular formula is C24H26O5. The lowest BCUT2D eigenvalue weighted by Gasteiger charge is -2.29. The molecule has 1 aliphatic heterocycles. The maximum absolute atomic E-state index is 13.0. The van der Waals surface area contributed by atoms with Gasteiger partial charge in [0, 0.05) is 6.42 Å². The fraction of sp³-hybridized carbons (Fsp3) is 0.292. The molecule has 0 saturated heterocycles. The number of hydrogen-bond acceptors (Lipinski definition) is 5. The zero-order chi connectivity index (χ0) is 21.0. The molecule has 2 aromatic rings. The van der Waals surface area contributed by atoms with Crippen molar-refractivity contribution in [1.29, 1.82) is 0 Å². The van der Waals surface area contributed by atoms with E-state index in [1.807, 2.05) is 44.2 Å². The summed E-state index contributed by atoms with van der Waals surface area (Å²) >= 11 is 0. The van der Waals surface area contributed by atoms with E-state index < -0.39 is 5.60 Å². The molecule has 0 fully saturated rings. The average Bonchev–Trinajstić information content (AvgIpc) is 2.70. The van der Waals surface area contributed by atoms with Gasteiger partial charge in [-0.25, -0.2) is 0 Å². The molecule has 29 heavy (non-hydrogen) atoms. The van der Waals surface area contributed by atoms with Crippen LogP contribution in [0.4, 0.5) is 0 Å². The Balaban J connectivity index is 1.87. The van der Waals surface area contributed by atoms with Gasteiger partial charge in [-0.2, -0.15) is 0 Å². The van der Waals surface area contributed by atoms with Crippen molar-refractivity contribution in [2.24, 2.45) is 0 Å². The van der Waals surface area contributed by atoms with Gasteiger partial charge in [-0.15, -0.1) is 0 Å². The van der Waals surface area contributed by atoms with Crippen LogP contribution in [0.1, 0.15) is 35.3 Å². The Morgan fingerprint density at radius 3 is 2.62 bits per heavy atom. The molecule has 0 amide bonds. The van der Waals surface area contributed by atoms with Crippen LogP contribution in [0.15, 0.2) is 49.1 Å². The fourth-order valence-corrected chi connectivity index (χ4v) is 3.24. The second-order valence-corrected chi connectivity index (χ2v) is 7.28. The SMILES string of the molecule is C=CCOc1ccc(CC(=O)c2ccc3c(c2OC)C=CC(C)(C)O3)cc1OC. The maximum atomic E-state index is 13.0. The van der Waals surface area contributed by atoms with Gasteiger partial charge in [0.1, 0.15) is 23.7 Å². The first-order valence-corrected chi connectivity index (χ1v) is 9.41. The average molecular weight is 394 g/mol. The van der Waals surface area contributed by atoms with Gasteiger partial charge >= 0.3 is 0 Å². The molecule has 5 heteroatoms. The molecule has 5 nitrogen and oxygen atoms in total. The van der Waals surface area contributed by atoms with E-state index in [-0.39, 0.29) is 12.2 Å². The van der Waals surface area contributed by atoms with Crippen molar-refractivity contribution in [3.8, 4) is 23.0 Å². The number of rotatable bonds is 8. The van der Waals surface area contributed by atoms with Crippen molar-refractivity contribution in [2.75, 3.05) is 20.8 Å². The summed E-state index contributed by atoms with van der Waals surface area (Å²) in [6, 6.07) is 9.05. The highest BCUT2D eigenvalue weighted by molar-refractivity contribution is 6.01. The number of fused-ring (bicyclic) bond motifs is 1. The number of benzene rings is 2. The monoisotopic (exact) mass is 394 g/mol. The number of hydrogen-bond donors (Lipinski definition) is 0. The quantitative estimate of drug-likeness (QED) is 0.472. The van der Waals surface area contributed by atoms with Crippen LogP contribution in [0.2, 0.25) is 0 Å². The van der Waals surface area contributed by atoms with E-state index in [1.54, 1.807) is 32.4 Å². The molecule has 2 aromatic carbocycles. The van der Waals surface area contributed by atoms with E-state index >= 15 is 0 Å². The van der Waals surface area contributed by atoms with Crippen LogP contribution in [-0.4, -0.2) is 32.2 Å². The second-order valence-electron chi connectivity index (χ2n) is 7.28. The number of carbonyl (C=O) groups is 1. The summed E-state index contributed by atoms with van der Waals surface area (Å²) in [4.78, 5) is 13.0. The normalized spacial score (nSPS) is 13.8. The van der Waals surface area contributed by atoms with Gasteiger partial charge in [0.15, 0.2) is 17.3 Å². The first-order chi connectivity index (χ1) is 13.9. The zero-order valence-electron chi connectivity index (χ0n) is 17.3. The molecule has 0 atom stereocenters. The van der Waals surface area contributed by atoms with E-state index in [4.69, 9.17) is 18.9 Å². The molecule has 0 aliphatic carbocycles. The molecule has 152 valence electrons. The Morgan fingerprint density at radius 2 is 1.93 bits per heavy atom. The van der Waals surface area contributed by atoms with Crippen molar-refractivity contribution in [3.63, 3.8) is 0 Å². The van der Waals surface area contributed by atoms with Crippen molar-refractivity contribution < 1.29 is 23.7 Å². The molecule has 0 N–H and O–H groups in total. The zero-order valence-corrected chi connectivity index (χ0v) is 17.3. The molecule has 3 rings (SSSR count). The summed E-state index contributed by atoms with van der Waals surface area (Å²) in [6.07, 6.45) is 5.78. The smallest absolute Gasteiger partial charge is 0.170 e. The lowest BCUT2D eigenvalue weighted by Crippen LogP contribution is -2.27. The Kier molecular flexibility index (Phi) is 5.97. The van der Waals surface area contributed by atoms with Crippen LogP contribution in [-0.2, 0) is 6.42 Å². The minimum absolute atomic E-state index is 0.0512. The molecule has 1 aliphatic rings. The molecule has 0 bridgehead atoms. The largest absolute Gasteiger partial charge is 0.495 e. The summed E-state index contributed by atoms with van der Waals surface area (Å²) < 4.78 is 22.5. The minimum Gasteiger partial charge on any atom is -0.495 e. The van der Waals surface area contributed by atoms with Crippen LogP contribution in [0.3, 0.4) is 0 Å². The fourth-order valence-electron chi connectivity index (χ4n) is 3.24. The number of ether oxygens (including phenoxy) is 4. The summed E-state index contributed by atoms with van der Waals surface area (Å²) in [7, 11) is 3.14. The molecule has 1 heterocycles.